The number of hydrogen-bond acceptors (Lipinski definition) is 5. The Hall–Kier alpha value is -1.40. The Kier molecular flexibility index (Phi) is 5.00. The lowest BCUT2D eigenvalue weighted by atomic mass is 10.2. The minimum absolute atomic E-state index is 0.228. The molecule has 0 amide bonds. The van der Waals surface area contributed by atoms with E-state index in [1.54, 1.807) is 0 Å². The number of aliphatic hydroxyl groups is 1. The molecule has 0 saturated heterocycles. The topological polar surface area (TPSA) is 69.4 Å². The highest BCUT2D eigenvalue weighted by Crippen LogP contribution is 2.31. The fraction of sp³-hybridized carbons (Fsp3) is 0.600. The van der Waals surface area contributed by atoms with Crippen LogP contribution in [0.4, 0.5) is 0 Å². The van der Waals surface area contributed by atoms with E-state index in [9.17, 15) is 5.11 Å². The van der Waals surface area contributed by atoms with Gasteiger partial charge in [-0.2, -0.15) is 0 Å². The maximum absolute atomic E-state index is 10.2. The second kappa shape index (κ2) is 6.58. The summed E-state index contributed by atoms with van der Waals surface area (Å²) in [6.45, 7) is 9.76. The molecule has 0 aromatic carbocycles. The summed E-state index contributed by atoms with van der Waals surface area (Å²) < 4.78 is 5.51. The predicted molar refractivity (Wildman–Crippen MR) is 86.1 cm³/mol. The fourth-order valence-electron chi connectivity index (χ4n) is 2.20. The first-order valence-corrected chi connectivity index (χ1v) is 8.03. The third-order valence-corrected chi connectivity index (χ3v) is 4.54. The lowest BCUT2D eigenvalue weighted by Gasteiger charge is -2.18. The van der Waals surface area contributed by atoms with Gasteiger partial charge < -0.3 is 14.7 Å². The van der Waals surface area contributed by atoms with Gasteiger partial charge in [-0.3, -0.25) is 5.41 Å². The van der Waals surface area contributed by atoms with Crippen LogP contribution in [-0.4, -0.2) is 46.6 Å². The average Bonchev–Trinajstić information content (AvgIpc) is 2.86. The van der Waals surface area contributed by atoms with E-state index in [2.05, 4.69) is 4.98 Å². The Morgan fingerprint density at radius 1 is 1.43 bits per heavy atom. The van der Waals surface area contributed by atoms with Gasteiger partial charge >= 0.3 is 0 Å². The van der Waals surface area contributed by atoms with Crippen molar-refractivity contribution < 1.29 is 9.84 Å². The molecule has 0 unspecified atom stereocenters. The van der Waals surface area contributed by atoms with E-state index >= 15 is 0 Å². The maximum Gasteiger partial charge on any atom is 0.135 e. The van der Waals surface area contributed by atoms with Gasteiger partial charge in [0.15, 0.2) is 0 Å². The Balaban J connectivity index is 1.99. The van der Waals surface area contributed by atoms with Gasteiger partial charge in [0.25, 0.3) is 0 Å². The number of aryl methyl sites for hydroxylation is 2. The van der Waals surface area contributed by atoms with Crippen LogP contribution in [0.15, 0.2) is 5.76 Å². The van der Waals surface area contributed by atoms with Crippen LogP contribution in [0.2, 0.25) is 0 Å². The van der Waals surface area contributed by atoms with E-state index in [-0.39, 0.29) is 11.9 Å². The van der Waals surface area contributed by atoms with Gasteiger partial charge in [-0.15, -0.1) is 11.3 Å². The molecule has 6 heteroatoms. The normalized spacial score (nSPS) is 15.7. The van der Waals surface area contributed by atoms with Crippen LogP contribution >= 0.6 is 11.3 Å². The van der Waals surface area contributed by atoms with E-state index in [1.807, 2.05) is 32.6 Å². The molecule has 2 heterocycles. The lowest BCUT2D eigenvalue weighted by Crippen LogP contribution is -2.28. The van der Waals surface area contributed by atoms with Gasteiger partial charge in [0, 0.05) is 18.0 Å². The van der Waals surface area contributed by atoms with Crippen LogP contribution in [0.3, 0.4) is 0 Å². The molecule has 0 bridgehead atoms. The summed E-state index contributed by atoms with van der Waals surface area (Å²) in [5.74, 6) is 0.615. The zero-order chi connectivity index (χ0) is 15.6. The zero-order valence-electron chi connectivity index (χ0n) is 13.1. The number of nitrogens with one attached hydrogen (secondary N) is 1. The van der Waals surface area contributed by atoms with Crippen LogP contribution in [0.5, 0.6) is 0 Å². The first-order valence-electron chi connectivity index (χ1n) is 7.22. The van der Waals surface area contributed by atoms with E-state index in [1.165, 1.54) is 11.3 Å². The van der Waals surface area contributed by atoms with Crippen molar-refractivity contribution in [3.05, 3.63) is 21.3 Å². The number of rotatable bonds is 6. The van der Waals surface area contributed by atoms with Crippen molar-refractivity contribution in [1.82, 2.24) is 9.88 Å². The number of hydrogen-bond donors (Lipinski definition) is 2. The SMILES string of the molecule is Cc1nc(C2=C(O)CN(CCCOC(C)C)C2=N)sc1C. The standard InChI is InChI=1S/C15H23N3O2S/c1-9(2)20-7-5-6-18-8-12(19)13(14(18)16)15-17-10(3)11(4)21-15/h9,16,19H,5-8H2,1-4H3. The van der Waals surface area contributed by atoms with Crippen molar-refractivity contribution >= 4 is 22.7 Å². The van der Waals surface area contributed by atoms with Crippen molar-refractivity contribution in [2.75, 3.05) is 19.7 Å². The quantitative estimate of drug-likeness (QED) is 0.792. The summed E-state index contributed by atoms with van der Waals surface area (Å²) in [6.07, 6.45) is 1.07. The van der Waals surface area contributed by atoms with E-state index < -0.39 is 0 Å². The van der Waals surface area contributed by atoms with Crippen molar-refractivity contribution in [1.29, 1.82) is 5.41 Å². The average molecular weight is 309 g/mol. The molecule has 1 aromatic rings. The molecule has 0 spiro atoms. The van der Waals surface area contributed by atoms with Gasteiger partial charge in [-0.25, -0.2) is 4.98 Å². The first-order chi connectivity index (χ1) is 9.90. The molecule has 2 rings (SSSR count). The molecule has 116 valence electrons. The van der Waals surface area contributed by atoms with Crippen LogP contribution in [0, 0.1) is 19.3 Å². The lowest BCUT2D eigenvalue weighted by molar-refractivity contribution is 0.0742. The monoisotopic (exact) mass is 309 g/mol. The molecule has 1 aliphatic heterocycles. The Labute approximate surface area is 129 Å². The summed E-state index contributed by atoms with van der Waals surface area (Å²) in [5, 5.41) is 19.2. The second-order valence-electron chi connectivity index (χ2n) is 5.53. The van der Waals surface area contributed by atoms with Gasteiger partial charge in [-0.05, 0) is 34.1 Å². The van der Waals surface area contributed by atoms with Crippen molar-refractivity contribution in [2.45, 2.75) is 40.2 Å². The molecule has 0 saturated carbocycles. The minimum Gasteiger partial charge on any atom is -0.510 e. The summed E-state index contributed by atoms with van der Waals surface area (Å²) >= 11 is 1.53. The summed E-state index contributed by atoms with van der Waals surface area (Å²) in [7, 11) is 0. The van der Waals surface area contributed by atoms with Crippen molar-refractivity contribution in [2.24, 2.45) is 0 Å². The van der Waals surface area contributed by atoms with Crippen LogP contribution < -0.4 is 0 Å². The fourth-order valence-corrected chi connectivity index (χ4v) is 3.19. The van der Waals surface area contributed by atoms with Gasteiger partial charge in [0.05, 0.1) is 23.9 Å². The van der Waals surface area contributed by atoms with Crippen LogP contribution in [0.1, 0.15) is 35.8 Å². The number of nitrogens with zero attached hydrogens (tertiary/aromatic N) is 2. The Bertz CT molecular complexity index is 544. The zero-order valence-corrected chi connectivity index (χ0v) is 13.9. The third-order valence-electron chi connectivity index (χ3n) is 3.45. The second-order valence-corrected chi connectivity index (χ2v) is 6.73. The number of thiazole rings is 1. The van der Waals surface area contributed by atoms with Crippen LogP contribution in [-0.2, 0) is 4.74 Å². The molecule has 0 aliphatic carbocycles. The Morgan fingerprint density at radius 2 is 2.14 bits per heavy atom. The minimum atomic E-state index is 0.228. The summed E-state index contributed by atoms with van der Waals surface area (Å²) in [5.41, 5.74) is 1.55. The maximum atomic E-state index is 10.2. The molecule has 1 aromatic heterocycles. The van der Waals surface area contributed by atoms with Gasteiger partial charge in [0.2, 0.25) is 0 Å². The number of aliphatic hydroxyl groups excluding tert-OH is 1. The highest BCUT2D eigenvalue weighted by molar-refractivity contribution is 7.13. The predicted octanol–water partition coefficient (Wildman–Crippen LogP) is 3.14. The molecule has 1 aliphatic rings. The first kappa shape index (κ1) is 16.0. The summed E-state index contributed by atoms with van der Waals surface area (Å²) in [6, 6.07) is 0. The molecule has 0 fully saturated rings. The number of aromatic nitrogens is 1. The number of amidine groups is 1. The molecular weight excluding hydrogens is 286 g/mol. The number of ether oxygens (including phenoxy) is 1. The molecule has 0 atom stereocenters. The third kappa shape index (κ3) is 3.63. The summed E-state index contributed by atoms with van der Waals surface area (Å²) in [4.78, 5) is 7.46. The van der Waals surface area contributed by atoms with Gasteiger partial charge in [-0.1, -0.05) is 0 Å². The van der Waals surface area contributed by atoms with E-state index in [0.29, 0.717) is 31.1 Å². The molecule has 0 radical (unpaired) electrons. The highest BCUT2D eigenvalue weighted by atomic mass is 32.1. The van der Waals surface area contributed by atoms with Gasteiger partial charge in [0.1, 0.15) is 16.6 Å². The van der Waals surface area contributed by atoms with Crippen molar-refractivity contribution in [3.63, 3.8) is 0 Å². The highest BCUT2D eigenvalue weighted by Gasteiger charge is 2.30. The molecular formula is C15H23N3O2S. The molecule has 2 N–H and O–H groups in total. The largest absolute Gasteiger partial charge is 0.510 e. The van der Waals surface area contributed by atoms with E-state index in [0.717, 1.165) is 22.0 Å². The molecule has 21 heavy (non-hydrogen) atoms. The smallest absolute Gasteiger partial charge is 0.135 e. The Morgan fingerprint density at radius 3 is 2.71 bits per heavy atom. The van der Waals surface area contributed by atoms with E-state index in [4.69, 9.17) is 10.1 Å². The molecule has 5 nitrogen and oxygen atoms in total. The van der Waals surface area contributed by atoms with Crippen molar-refractivity contribution in [3.8, 4) is 0 Å². The van der Waals surface area contributed by atoms with Crippen LogP contribution in [0.25, 0.3) is 5.57 Å².